The molecule has 0 aromatic rings. The maximum atomic E-state index is 13.2. The van der Waals surface area contributed by atoms with Gasteiger partial charge in [-0.2, -0.15) is 0 Å². The molecule has 1 aliphatic rings. The zero-order chi connectivity index (χ0) is 61.0. The van der Waals surface area contributed by atoms with E-state index < -0.39 is 74.2 Å². The van der Waals surface area contributed by atoms with Gasteiger partial charge in [-0.1, -0.05) is 293 Å². The van der Waals surface area contributed by atoms with Crippen molar-refractivity contribution in [3.63, 3.8) is 0 Å². The molecule has 1 aliphatic heterocycles. The predicted octanol–water partition coefficient (Wildman–Crippen LogP) is 17.3. The van der Waals surface area contributed by atoms with Crippen LogP contribution in [-0.2, 0) is 14.3 Å². The van der Waals surface area contributed by atoms with Gasteiger partial charge in [-0.3, -0.25) is 4.79 Å². The number of aliphatic hydroxyl groups excluding tert-OH is 7. The van der Waals surface area contributed by atoms with Crippen molar-refractivity contribution in [2.24, 2.45) is 0 Å². The van der Waals surface area contributed by atoms with E-state index in [1.165, 1.54) is 231 Å². The summed E-state index contributed by atoms with van der Waals surface area (Å²) in [6.45, 7) is 3.46. The summed E-state index contributed by atoms with van der Waals surface area (Å²) < 4.78 is 11.2. The zero-order valence-electron chi connectivity index (χ0n) is 54.4. The lowest BCUT2D eigenvalue weighted by Crippen LogP contribution is -2.60. The number of carbonyl (C=O) groups excluding carboxylic acids is 1. The molecule has 84 heavy (non-hydrogen) atoms. The summed E-state index contributed by atoms with van der Waals surface area (Å²) >= 11 is 0. The molecule has 11 nitrogen and oxygen atoms in total. The second-order valence-corrected chi connectivity index (χ2v) is 24.9. The third-order valence-electron chi connectivity index (χ3n) is 17.0. The zero-order valence-corrected chi connectivity index (χ0v) is 54.4. The van der Waals surface area contributed by atoms with Crippen LogP contribution in [0, 0.1) is 0 Å². The van der Waals surface area contributed by atoms with Gasteiger partial charge in [0.15, 0.2) is 6.29 Å². The highest BCUT2D eigenvalue weighted by Crippen LogP contribution is 2.24. The lowest BCUT2D eigenvalue weighted by molar-refractivity contribution is -0.303. The summed E-state index contributed by atoms with van der Waals surface area (Å²) in [4.78, 5) is 13.2. The van der Waals surface area contributed by atoms with Crippen LogP contribution >= 0.6 is 0 Å². The molecular formula is C73H135NO10. The van der Waals surface area contributed by atoms with Crippen LogP contribution in [-0.4, -0.2) is 110 Å². The minimum atomic E-state index is -1.68. The van der Waals surface area contributed by atoms with E-state index in [9.17, 15) is 40.5 Å². The smallest absolute Gasteiger partial charge is 0.249 e. The van der Waals surface area contributed by atoms with Crippen LogP contribution in [0.5, 0.6) is 0 Å². The molecule has 1 heterocycles. The van der Waals surface area contributed by atoms with E-state index in [4.69, 9.17) is 9.47 Å². The van der Waals surface area contributed by atoms with Gasteiger partial charge in [0.2, 0.25) is 5.91 Å². The van der Waals surface area contributed by atoms with Crippen LogP contribution in [0.15, 0.2) is 60.8 Å². The van der Waals surface area contributed by atoms with E-state index in [0.29, 0.717) is 19.3 Å². The van der Waals surface area contributed by atoms with E-state index in [2.05, 4.69) is 79.9 Å². The Kier molecular flexibility index (Phi) is 58.0. The number of carbonyl (C=O) groups is 1. The van der Waals surface area contributed by atoms with Gasteiger partial charge in [-0.25, -0.2) is 0 Å². The Hall–Kier alpha value is -2.19. The van der Waals surface area contributed by atoms with E-state index in [1.807, 2.05) is 0 Å². The third-order valence-corrected chi connectivity index (χ3v) is 17.0. The van der Waals surface area contributed by atoms with Gasteiger partial charge in [0.1, 0.15) is 36.6 Å². The molecule has 0 aromatic heterocycles. The Balaban J connectivity index is 2.16. The van der Waals surface area contributed by atoms with Gasteiger partial charge in [-0.05, 0) is 96.3 Å². The molecule has 1 fully saturated rings. The fraction of sp³-hybridized carbons (Fsp3) is 0.849. The van der Waals surface area contributed by atoms with Crippen molar-refractivity contribution in [3.8, 4) is 0 Å². The molecule has 9 unspecified atom stereocenters. The van der Waals surface area contributed by atoms with Gasteiger partial charge in [0.05, 0.1) is 25.4 Å². The van der Waals surface area contributed by atoms with Crippen molar-refractivity contribution in [2.75, 3.05) is 13.2 Å². The fourth-order valence-corrected chi connectivity index (χ4v) is 11.3. The minimum absolute atomic E-state index is 0.240. The molecule has 1 rings (SSSR count). The number of allylic oxidation sites excluding steroid dienone is 10. The first-order valence-electron chi connectivity index (χ1n) is 35.7. The van der Waals surface area contributed by atoms with E-state index in [1.54, 1.807) is 0 Å². The molecular weight excluding hydrogens is 1050 g/mol. The summed E-state index contributed by atoms with van der Waals surface area (Å²) in [6, 6.07) is -1.20. The molecule has 0 bridgehead atoms. The number of hydrogen-bond donors (Lipinski definition) is 8. The second kappa shape index (κ2) is 61.1. The first-order chi connectivity index (χ1) is 41.2. The van der Waals surface area contributed by atoms with Crippen molar-refractivity contribution in [1.82, 2.24) is 5.32 Å². The van der Waals surface area contributed by atoms with Crippen LogP contribution in [0.2, 0.25) is 0 Å². The highest BCUT2D eigenvalue weighted by Gasteiger charge is 2.44. The fourth-order valence-electron chi connectivity index (χ4n) is 11.3. The van der Waals surface area contributed by atoms with Crippen LogP contribution in [0.1, 0.15) is 328 Å². The van der Waals surface area contributed by atoms with E-state index in [0.717, 1.165) is 51.4 Å². The summed E-state index contributed by atoms with van der Waals surface area (Å²) in [5.74, 6) is -0.710. The number of aliphatic hydroxyl groups is 7. The van der Waals surface area contributed by atoms with Crippen LogP contribution in [0.3, 0.4) is 0 Å². The van der Waals surface area contributed by atoms with E-state index >= 15 is 0 Å². The number of ether oxygens (including phenoxy) is 2. The van der Waals surface area contributed by atoms with Crippen molar-refractivity contribution in [2.45, 2.75) is 384 Å². The Morgan fingerprint density at radius 1 is 0.417 bits per heavy atom. The molecule has 1 amide bonds. The number of hydrogen-bond acceptors (Lipinski definition) is 10. The quantitative estimate of drug-likeness (QED) is 0.0215. The van der Waals surface area contributed by atoms with Crippen LogP contribution in [0.25, 0.3) is 0 Å². The molecule has 0 saturated carbocycles. The monoisotopic (exact) mass is 1190 g/mol. The Morgan fingerprint density at radius 2 is 0.750 bits per heavy atom. The molecule has 0 spiro atoms. The first kappa shape index (κ1) is 79.8. The number of amides is 1. The van der Waals surface area contributed by atoms with Crippen molar-refractivity contribution in [3.05, 3.63) is 60.8 Å². The van der Waals surface area contributed by atoms with Gasteiger partial charge >= 0.3 is 0 Å². The predicted molar refractivity (Wildman–Crippen MR) is 353 cm³/mol. The summed E-state index contributed by atoms with van der Waals surface area (Å²) in [5, 5.41) is 76.4. The van der Waals surface area contributed by atoms with Crippen LogP contribution < -0.4 is 5.32 Å². The molecule has 11 heteroatoms. The van der Waals surface area contributed by atoms with Crippen molar-refractivity contribution >= 4 is 5.91 Å². The highest BCUT2D eigenvalue weighted by molar-refractivity contribution is 5.80. The lowest BCUT2D eigenvalue weighted by Gasteiger charge is -2.40. The van der Waals surface area contributed by atoms with Gasteiger partial charge in [0.25, 0.3) is 0 Å². The standard InChI is InChI=1S/C73H135NO10/c1-3-5-7-9-11-13-15-17-19-21-23-24-25-26-27-28-29-30-31-32-33-34-35-36-37-38-39-40-41-43-45-47-49-51-53-55-57-59-61-66(77)72(82)74-64(63-83-73-71(81)70(80)69(79)67(62-75)84-73)68(78)65(76)60-58-56-54-52-50-48-46-44-42-22-20-18-16-14-12-10-8-6-4-2/h18,20,29-30,32-33,44,46,52,54,64-71,73,75-81H,3-17,19,21-28,31,34-43,45,47-51,53,55-63H2,1-2H3,(H,74,82)/b20-18+,30-29-,33-32-,46-44+,54-52+. The molecule has 1 saturated heterocycles. The molecule has 9 atom stereocenters. The van der Waals surface area contributed by atoms with Crippen molar-refractivity contribution in [1.29, 1.82) is 0 Å². The Bertz CT molecular complexity index is 1550. The topological polar surface area (TPSA) is 189 Å². The second-order valence-electron chi connectivity index (χ2n) is 24.9. The normalized spacial score (nSPS) is 19.3. The molecule has 8 N–H and O–H groups in total. The van der Waals surface area contributed by atoms with Gasteiger partial charge in [-0.15, -0.1) is 0 Å². The third kappa shape index (κ3) is 47.8. The van der Waals surface area contributed by atoms with Gasteiger partial charge in [0, 0.05) is 0 Å². The number of nitrogens with one attached hydrogen (secondary N) is 1. The minimum Gasteiger partial charge on any atom is -0.394 e. The largest absolute Gasteiger partial charge is 0.394 e. The highest BCUT2D eigenvalue weighted by atomic mass is 16.7. The Morgan fingerprint density at radius 3 is 1.13 bits per heavy atom. The number of rotatable bonds is 62. The first-order valence-corrected chi connectivity index (χ1v) is 35.7. The van der Waals surface area contributed by atoms with Crippen LogP contribution in [0.4, 0.5) is 0 Å². The summed E-state index contributed by atoms with van der Waals surface area (Å²) in [7, 11) is 0. The SMILES string of the molecule is CCCCCCCC/C=C/CC/C=C/CC/C=C/CCCC(O)C(O)C(COC1OC(CO)C(O)C(O)C1O)NC(=O)C(O)CCCCCCCCCCCCCCCCCC/C=C\C/C=C\CCCCCCCCCCCCCCCCC. The Labute approximate surface area is 516 Å². The molecule has 492 valence electrons. The molecule has 0 aromatic carbocycles. The molecule has 0 radical (unpaired) electrons. The maximum absolute atomic E-state index is 13.2. The lowest BCUT2D eigenvalue weighted by atomic mass is 9.98. The van der Waals surface area contributed by atoms with Gasteiger partial charge < -0.3 is 50.5 Å². The summed E-state index contributed by atoms with van der Waals surface area (Å²) in [6.07, 6.45) is 70.4. The average Bonchev–Trinajstić information content (AvgIpc) is 3.66. The van der Waals surface area contributed by atoms with E-state index in [-0.39, 0.29) is 12.8 Å². The maximum Gasteiger partial charge on any atom is 0.249 e. The average molecular weight is 1190 g/mol. The number of unbranched alkanes of at least 4 members (excludes halogenated alkanes) is 40. The molecule has 0 aliphatic carbocycles. The van der Waals surface area contributed by atoms with Crippen molar-refractivity contribution < 1.29 is 50.0 Å². The summed E-state index contributed by atoms with van der Waals surface area (Å²) in [5.41, 5.74) is 0.